The number of hydrogen-bond acceptors (Lipinski definition) is 5. The van der Waals surface area contributed by atoms with Crippen LogP contribution in [0, 0.1) is 17.5 Å². The summed E-state index contributed by atoms with van der Waals surface area (Å²) in [5.74, 6) is -1.58. The number of pyridine rings is 1. The molecule has 0 bridgehead atoms. The van der Waals surface area contributed by atoms with Gasteiger partial charge in [0.25, 0.3) is 5.91 Å². The summed E-state index contributed by atoms with van der Waals surface area (Å²) in [5, 5.41) is 3.14. The van der Waals surface area contributed by atoms with Crippen molar-refractivity contribution in [3.8, 4) is 0 Å². The monoisotopic (exact) mass is 591 g/mol. The number of aromatic nitrogens is 1. The van der Waals surface area contributed by atoms with E-state index in [0.717, 1.165) is 76.4 Å². The SMILES string of the molecule is O=C(NCc1ccc(F)cc1F)c1cnc(N2CCN(C3CCN(Cc4ccc(Cl)c(F)c4)CC3)CC2)c(Cl)c1. The lowest BCUT2D eigenvalue weighted by molar-refractivity contribution is 0.0950. The number of carbonyl (C=O) groups is 1. The Morgan fingerprint density at radius 3 is 2.33 bits per heavy atom. The second-order valence-electron chi connectivity index (χ2n) is 10.2. The van der Waals surface area contributed by atoms with Gasteiger partial charge in [0.1, 0.15) is 23.3 Å². The normalized spacial score (nSPS) is 17.3. The van der Waals surface area contributed by atoms with Crippen LogP contribution < -0.4 is 10.2 Å². The third kappa shape index (κ3) is 6.89. The minimum Gasteiger partial charge on any atom is -0.353 e. The molecule has 0 unspecified atom stereocenters. The lowest BCUT2D eigenvalue weighted by Crippen LogP contribution is -2.53. The molecule has 3 aromatic rings. The fourth-order valence-corrected chi connectivity index (χ4v) is 5.77. The van der Waals surface area contributed by atoms with Gasteiger partial charge in [-0.2, -0.15) is 0 Å². The molecule has 0 spiro atoms. The first-order valence-corrected chi connectivity index (χ1v) is 14.1. The zero-order valence-electron chi connectivity index (χ0n) is 21.9. The van der Waals surface area contributed by atoms with Crippen LogP contribution in [0.25, 0.3) is 0 Å². The Labute approximate surface area is 241 Å². The average molecular weight is 592 g/mol. The minimum absolute atomic E-state index is 0.0785. The van der Waals surface area contributed by atoms with Crippen LogP contribution in [-0.4, -0.2) is 66.0 Å². The zero-order chi connectivity index (χ0) is 28.2. The van der Waals surface area contributed by atoms with Gasteiger partial charge in [0, 0.05) is 63.1 Å². The molecule has 3 heterocycles. The highest BCUT2D eigenvalue weighted by Crippen LogP contribution is 2.27. The van der Waals surface area contributed by atoms with Crippen molar-refractivity contribution < 1.29 is 18.0 Å². The number of benzene rings is 2. The number of carbonyl (C=O) groups excluding carboxylic acids is 1. The van der Waals surface area contributed by atoms with E-state index >= 15 is 0 Å². The Kier molecular flexibility index (Phi) is 9.15. The van der Waals surface area contributed by atoms with Gasteiger partial charge in [-0.15, -0.1) is 0 Å². The second kappa shape index (κ2) is 12.8. The van der Waals surface area contributed by atoms with Crippen LogP contribution >= 0.6 is 23.2 Å². The summed E-state index contributed by atoms with van der Waals surface area (Å²) in [5.41, 5.74) is 1.39. The molecule has 1 aromatic heterocycles. The maximum Gasteiger partial charge on any atom is 0.253 e. The first kappa shape index (κ1) is 28.7. The standard InChI is InChI=1S/C29H30Cl2F3N5O/c30-24-4-1-19(13-27(24)34)18-37-7-5-23(6-8-37)38-9-11-39(12-10-38)28-25(31)14-21(17-35-28)29(40)36-16-20-2-3-22(32)15-26(20)33/h1-4,13-15,17,23H,5-12,16,18H2,(H,36,40). The van der Waals surface area contributed by atoms with Crippen molar-refractivity contribution in [1.82, 2.24) is 20.1 Å². The number of amides is 1. The minimum atomic E-state index is -0.717. The van der Waals surface area contributed by atoms with Gasteiger partial charge in [-0.3, -0.25) is 14.6 Å². The van der Waals surface area contributed by atoms with Gasteiger partial charge in [0.15, 0.2) is 0 Å². The van der Waals surface area contributed by atoms with E-state index in [1.807, 2.05) is 6.07 Å². The van der Waals surface area contributed by atoms with Crippen molar-refractivity contribution in [3.63, 3.8) is 0 Å². The van der Waals surface area contributed by atoms with Gasteiger partial charge in [-0.25, -0.2) is 18.2 Å². The van der Waals surface area contributed by atoms with Gasteiger partial charge < -0.3 is 10.2 Å². The van der Waals surface area contributed by atoms with Crippen molar-refractivity contribution >= 4 is 34.9 Å². The number of hydrogen-bond donors (Lipinski definition) is 1. The molecular weight excluding hydrogens is 562 g/mol. The predicted octanol–water partition coefficient (Wildman–Crippen LogP) is 5.52. The van der Waals surface area contributed by atoms with Gasteiger partial charge in [0.05, 0.1) is 15.6 Å². The number of likely N-dealkylation sites (tertiary alicyclic amines) is 1. The Bertz CT molecular complexity index is 1360. The maximum absolute atomic E-state index is 13.8. The van der Waals surface area contributed by atoms with E-state index in [1.54, 1.807) is 12.1 Å². The van der Waals surface area contributed by atoms with Crippen LogP contribution in [-0.2, 0) is 13.1 Å². The number of nitrogens with zero attached hydrogens (tertiary/aromatic N) is 4. The fourth-order valence-electron chi connectivity index (χ4n) is 5.37. The van der Waals surface area contributed by atoms with Gasteiger partial charge in [-0.1, -0.05) is 35.3 Å². The fraction of sp³-hybridized carbons (Fsp3) is 0.379. The summed E-state index contributed by atoms with van der Waals surface area (Å²) < 4.78 is 40.7. The molecule has 0 radical (unpaired) electrons. The summed E-state index contributed by atoms with van der Waals surface area (Å²) >= 11 is 12.3. The molecule has 6 nitrogen and oxygen atoms in total. The average Bonchev–Trinajstić information content (AvgIpc) is 2.95. The molecule has 11 heteroatoms. The molecule has 1 N–H and O–H groups in total. The van der Waals surface area contributed by atoms with E-state index in [2.05, 4.69) is 25.0 Å². The summed E-state index contributed by atoms with van der Waals surface area (Å²) in [7, 11) is 0. The summed E-state index contributed by atoms with van der Waals surface area (Å²) in [6.07, 6.45) is 3.58. The number of anilines is 1. The molecule has 2 saturated heterocycles. The molecule has 0 saturated carbocycles. The highest BCUT2D eigenvalue weighted by atomic mass is 35.5. The van der Waals surface area contributed by atoms with Crippen LogP contribution in [0.5, 0.6) is 0 Å². The van der Waals surface area contributed by atoms with E-state index in [9.17, 15) is 18.0 Å². The highest BCUT2D eigenvalue weighted by molar-refractivity contribution is 6.33. The molecule has 2 aliphatic rings. The lowest BCUT2D eigenvalue weighted by atomic mass is 10.0. The van der Waals surface area contributed by atoms with E-state index in [-0.39, 0.29) is 28.5 Å². The van der Waals surface area contributed by atoms with Crippen LogP contribution in [0.1, 0.15) is 34.3 Å². The Hall–Kier alpha value is -2.85. The lowest BCUT2D eigenvalue weighted by Gasteiger charge is -2.43. The Morgan fingerprint density at radius 1 is 0.900 bits per heavy atom. The first-order chi connectivity index (χ1) is 19.3. The van der Waals surface area contributed by atoms with Crippen LogP contribution in [0.2, 0.25) is 10.0 Å². The van der Waals surface area contributed by atoms with E-state index in [0.29, 0.717) is 16.9 Å². The largest absolute Gasteiger partial charge is 0.353 e. The van der Waals surface area contributed by atoms with Crippen molar-refractivity contribution in [1.29, 1.82) is 0 Å². The zero-order valence-corrected chi connectivity index (χ0v) is 23.4. The van der Waals surface area contributed by atoms with Crippen molar-refractivity contribution in [3.05, 3.63) is 92.8 Å². The molecule has 2 fully saturated rings. The third-order valence-corrected chi connectivity index (χ3v) is 8.20. The number of piperazine rings is 1. The van der Waals surface area contributed by atoms with Gasteiger partial charge in [0.2, 0.25) is 0 Å². The molecule has 40 heavy (non-hydrogen) atoms. The Morgan fingerprint density at radius 2 is 1.65 bits per heavy atom. The molecule has 0 aliphatic carbocycles. The molecule has 1 amide bonds. The van der Waals surface area contributed by atoms with Gasteiger partial charge in [-0.05, 0) is 55.8 Å². The van der Waals surface area contributed by atoms with Crippen molar-refractivity contribution in [2.24, 2.45) is 0 Å². The number of halogens is 5. The summed E-state index contributed by atoms with van der Waals surface area (Å²) in [4.78, 5) is 24.0. The number of rotatable bonds is 7. The molecule has 2 aliphatic heterocycles. The molecule has 5 rings (SSSR count). The smallest absolute Gasteiger partial charge is 0.253 e. The summed E-state index contributed by atoms with van der Waals surface area (Å²) in [6, 6.07) is 10.3. The number of nitrogens with one attached hydrogen (secondary N) is 1. The van der Waals surface area contributed by atoms with Crippen LogP contribution in [0.15, 0.2) is 48.7 Å². The Balaban J connectivity index is 1.09. The van der Waals surface area contributed by atoms with Crippen molar-refractivity contribution in [2.75, 3.05) is 44.2 Å². The maximum atomic E-state index is 13.8. The van der Waals surface area contributed by atoms with Crippen LogP contribution in [0.3, 0.4) is 0 Å². The predicted molar refractivity (Wildman–Crippen MR) is 150 cm³/mol. The van der Waals surface area contributed by atoms with Gasteiger partial charge >= 0.3 is 0 Å². The highest BCUT2D eigenvalue weighted by Gasteiger charge is 2.28. The molecular formula is C29H30Cl2F3N5O. The summed E-state index contributed by atoms with van der Waals surface area (Å²) in [6.45, 7) is 5.87. The molecule has 212 valence electrons. The third-order valence-electron chi connectivity index (χ3n) is 7.62. The van der Waals surface area contributed by atoms with E-state index < -0.39 is 17.5 Å². The van der Waals surface area contributed by atoms with E-state index in [1.165, 1.54) is 18.3 Å². The van der Waals surface area contributed by atoms with Crippen molar-refractivity contribution in [2.45, 2.75) is 32.0 Å². The quantitative estimate of drug-likeness (QED) is 0.392. The first-order valence-electron chi connectivity index (χ1n) is 13.3. The molecule has 0 atom stereocenters. The van der Waals surface area contributed by atoms with E-state index in [4.69, 9.17) is 23.2 Å². The number of piperidine rings is 1. The second-order valence-corrected chi connectivity index (χ2v) is 11.0. The van der Waals surface area contributed by atoms with Crippen LogP contribution in [0.4, 0.5) is 19.0 Å². The topological polar surface area (TPSA) is 51.7 Å². The molecule has 2 aromatic carbocycles.